The highest BCUT2D eigenvalue weighted by Crippen LogP contribution is 2.73. The molecule has 1 aromatic carbocycles. The molecule has 1 aromatic rings. The summed E-state index contributed by atoms with van der Waals surface area (Å²) in [6.45, 7) is 2.42. The Morgan fingerprint density at radius 3 is 2.78 bits per heavy atom. The summed E-state index contributed by atoms with van der Waals surface area (Å²) in [5.41, 5.74) is 1.82. The van der Waals surface area contributed by atoms with Gasteiger partial charge in [0.05, 0.1) is 12.5 Å². The van der Waals surface area contributed by atoms with Crippen molar-refractivity contribution in [2.45, 2.75) is 31.6 Å². The molecule has 3 fully saturated rings. The fraction of sp³-hybridized carbons (Fsp3) is 0.571. The number of hydrogen-bond donors (Lipinski definition) is 0. The molecule has 4 aliphatic rings. The van der Waals surface area contributed by atoms with Crippen molar-refractivity contribution >= 4 is 5.97 Å². The van der Waals surface area contributed by atoms with Crippen molar-refractivity contribution in [3.05, 3.63) is 48.0 Å². The minimum Gasteiger partial charge on any atom is -0.466 e. The van der Waals surface area contributed by atoms with Gasteiger partial charge < -0.3 is 4.74 Å². The molecule has 7 atom stereocenters. The number of esters is 1. The van der Waals surface area contributed by atoms with Crippen molar-refractivity contribution in [3.8, 4) is 0 Å². The second-order valence-electron chi connectivity index (χ2n) is 7.91. The number of fused-ring (bicyclic) bond motifs is 9. The monoisotopic (exact) mass is 308 g/mol. The molecular formula is C21H24O2. The van der Waals surface area contributed by atoms with Gasteiger partial charge in [-0.15, -0.1) is 0 Å². The molecule has 7 unspecified atom stereocenters. The summed E-state index contributed by atoms with van der Waals surface area (Å²) in [7, 11) is 0. The van der Waals surface area contributed by atoms with Crippen LogP contribution >= 0.6 is 0 Å². The largest absolute Gasteiger partial charge is 0.466 e. The van der Waals surface area contributed by atoms with Crippen molar-refractivity contribution in [3.63, 3.8) is 0 Å². The van der Waals surface area contributed by atoms with Crippen LogP contribution in [0.4, 0.5) is 0 Å². The quantitative estimate of drug-likeness (QED) is 0.480. The number of rotatable bonds is 3. The molecule has 0 amide bonds. The van der Waals surface area contributed by atoms with Crippen LogP contribution in [-0.4, -0.2) is 12.6 Å². The van der Waals surface area contributed by atoms with E-state index in [0.717, 1.165) is 6.42 Å². The van der Waals surface area contributed by atoms with Gasteiger partial charge in [-0.25, -0.2) is 0 Å². The molecule has 0 spiro atoms. The lowest BCUT2D eigenvalue weighted by molar-refractivity contribution is -0.151. The molecule has 4 bridgehead atoms. The molecular weight excluding hydrogens is 284 g/mol. The van der Waals surface area contributed by atoms with Crippen LogP contribution in [-0.2, 0) is 14.9 Å². The third-order valence-electron chi connectivity index (χ3n) is 7.35. The van der Waals surface area contributed by atoms with Crippen molar-refractivity contribution < 1.29 is 9.53 Å². The van der Waals surface area contributed by atoms with Gasteiger partial charge in [0.15, 0.2) is 0 Å². The first-order valence-corrected chi connectivity index (χ1v) is 9.17. The topological polar surface area (TPSA) is 26.3 Å². The predicted octanol–water partition coefficient (Wildman–Crippen LogP) is 3.97. The molecule has 0 saturated heterocycles. The van der Waals surface area contributed by atoms with Crippen LogP contribution in [0.5, 0.6) is 0 Å². The minimum absolute atomic E-state index is 0.0633. The Hall–Kier alpha value is -1.57. The van der Waals surface area contributed by atoms with E-state index in [1.165, 1.54) is 18.4 Å². The van der Waals surface area contributed by atoms with Crippen LogP contribution in [0.3, 0.4) is 0 Å². The summed E-state index contributed by atoms with van der Waals surface area (Å²) in [6, 6.07) is 11.2. The molecule has 4 aliphatic carbocycles. The van der Waals surface area contributed by atoms with E-state index in [2.05, 4.69) is 42.5 Å². The lowest BCUT2D eigenvalue weighted by Gasteiger charge is -2.47. The lowest BCUT2D eigenvalue weighted by Crippen LogP contribution is -2.47. The van der Waals surface area contributed by atoms with Gasteiger partial charge in [-0.1, -0.05) is 42.5 Å². The third-order valence-corrected chi connectivity index (χ3v) is 7.35. The van der Waals surface area contributed by atoms with Crippen LogP contribution in [0, 0.1) is 35.5 Å². The summed E-state index contributed by atoms with van der Waals surface area (Å²) in [4.78, 5) is 12.4. The summed E-state index contributed by atoms with van der Waals surface area (Å²) >= 11 is 0. The maximum absolute atomic E-state index is 12.4. The highest BCUT2D eigenvalue weighted by Gasteiger charge is 2.71. The minimum atomic E-state index is 0.0633. The Kier molecular flexibility index (Phi) is 2.84. The van der Waals surface area contributed by atoms with E-state index in [1.807, 2.05) is 6.92 Å². The first-order valence-electron chi connectivity index (χ1n) is 9.17. The van der Waals surface area contributed by atoms with Crippen molar-refractivity contribution in [1.29, 1.82) is 0 Å². The molecule has 0 aromatic heterocycles. The van der Waals surface area contributed by atoms with E-state index >= 15 is 0 Å². The molecule has 0 N–H and O–H groups in total. The first kappa shape index (κ1) is 13.8. The average Bonchev–Trinajstić information content (AvgIpc) is 3.33. The Morgan fingerprint density at radius 2 is 2.00 bits per heavy atom. The summed E-state index contributed by atoms with van der Waals surface area (Å²) < 4.78 is 5.39. The number of ether oxygens (including phenoxy) is 1. The number of hydrogen-bond acceptors (Lipinski definition) is 2. The molecule has 0 aliphatic heterocycles. The van der Waals surface area contributed by atoms with Gasteiger partial charge in [0.25, 0.3) is 0 Å². The zero-order valence-corrected chi connectivity index (χ0v) is 13.7. The van der Waals surface area contributed by atoms with Crippen molar-refractivity contribution in [1.82, 2.24) is 0 Å². The Balaban J connectivity index is 1.58. The van der Waals surface area contributed by atoms with Crippen LogP contribution < -0.4 is 0 Å². The molecule has 120 valence electrons. The van der Waals surface area contributed by atoms with Crippen LogP contribution in [0.2, 0.25) is 0 Å². The van der Waals surface area contributed by atoms with Crippen molar-refractivity contribution in [2.75, 3.05) is 6.61 Å². The summed E-state index contributed by atoms with van der Waals surface area (Å²) in [5.74, 6) is 3.38. The van der Waals surface area contributed by atoms with Crippen LogP contribution in [0.1, 0.15) is 31.7 Å². The van der Waals surface area contributed by atoms with Gasteiger partial charge in [0.2, 0.25) is 0 Å². The second kappa shape index (κ2) is 4.72. The number of allylic oxidation sites excluding steroid dienone is 2. The molecule has 3 saturated carbocycles. The van der Waals surface area contributed by atoms with E-state index < -0.39 is 0 Å². The smallest absolute Gasteiger partial charge is 0.309 e. The standard InChI is InChI=1S/C21H24O2/c1-2-23-20(22)18-12-16-11-17(18)19-13-8-9-15(10-13)21(16,19)14-6-4-3-5-7-14/h3-9,13,15-19H,2,10-12H2,1H3. The van der Waals surface area contributed by atoms with Crippen molar-refractivity contribution in [2.24, 2.45) is 35.5 Å². The van der Waals surface area contributed by atoms with Gasteiger partial charge in [0.1, 0.15) is 0 Å². The number of benzene rings is 1. The van der Waals surface area contributed by atoms with E-state index in [4.69, 9.17) is 4.74 Å². The molecule has 5 rings (SSSR count). The normalized spacial score (nSPS) is 45.4. The molecule has 2 heteroatoms. The van der Waals surface area contributed by atoms with Crippen LogP contribution in [0.15, 0.2) is 42.5 Å². The second-order valence-corrected chi connectivity index (χ2v) is 7.91. The molecule has 23 heavy (non-hydrogen) atoms. The Morgan fingerprint density at radius 1 is 1.17 bits per heavy atom. The van der Waals surface area contributed by atoms with Gasteiger partial charge in [0, 0.05) is 5.41 Å². The average molecular weight is 308 g/mol. The highest BCUT2D eigenvalue weighted by molar-refractivity contribution is 5.74. The van der Waals surface area contributed by atoms with E-state index in [1.54, 1.807) is 0 Å². The zero-order chi connectivity index (χ0) is 15.6. The molecule has 2 nitrogen and oxygen atoms in total. The Labute approximate surface area is 137 Å². The number of carbonyl (C=O) groups excluding carboxylic acids is 1. The number of carbonyl (C=O) groups is 1. The zero-order valence-electron chi connectivity index (χ0n) is 13.7. The molecule has 0 heterocycles. The van der Waals surface area contributed by atoms with E-state index in [9.17, 15) is 4.79 Å². The summed E-state index contributed by atoms with van der Waals surface area (Å²) in [6.07, 6.45) is 8.47. The van der Waals surface area contributed by atoms with E-state index in [-0.39, 0.29) is 11.9 Å². The van der Waals surface area contributed by atoms with Crippen LogP contribution in [0.25, 0.3) is 0 Å². The maximum atomic E-state index is 12.4. The fourth-order valence-electron chi connectivity index (χ4n) is 6.94. The van der Waals surface area contributed by atoms with Gasteiger partial charge in [-0.05, 0) is 61.3 Å². The van der Waals surface area contributed by atoms with Gasteiger partial charge in [-0.2, -0.15) is 0 Å². The maximum Gasteiger partial charge on any atom is 0.309 e. The molecule has 0 radical (unpaired) electrons. The SMILES string of the molecule is CCOC(=O)C1CC2CC1C1C3C=CC(C3)C21c1ccccc1. The van der Waals surface area contributed by atoms with Gasteiger partial charge >= 0.3 is 5.97 Å². The lowest BCUT2D eigenvalue weighted by atomic mass is 9.56. The first-order chi connectivity index (χ1) is 11.3. The summed E-state index contributed by atoms with van der Waals surface area (Å²) in [5, 5.41) is 0. The fourth-order valence-corrected chi connectivity index (χ4v) is 6.94. The highest BCUT2D eigenvalue weighted by atomic mass is 16.5. The van der Waals surface area contributed by atoms with E-state index in [0.29, 0.717) is 41.6 Å². The van der Waals surface area contributed by atoms with Gasteiger partial charge in [-0.3, -0.25) is 4.79 Å². The third kappa shape index (κ3) is 1.57. The Bertz CT molecular complexity index is 664. The predicted molar refractivity (Wildman–Crippen MR) is 88.7 cm³/mol.